The third-order valence-electron chi connectivity index (χ3n) is 7.40. The summed E-state index contributed by atoms with van der Waals surface area (Å²) in [7, 11) is 0. The maximum Gasteiger partial charge on any atom is -0.00137 e. The second-order valence-electron chi connectivity index (χ2n) is 9.47. The minimum atomic E-state index is 1.28. The molecule has 0 atom stereocenters. The fourth-order valence-corrected chi connectivity index (χ4v) is 5.93. The Labute approximate surface area is 199 Å². The van der Waals surface area contributed by atoms with E-state index in [1.807, 2.05) is 0 Å². The van der Waals surface area contributed by atoms with Crippen molar-refractivity contribution in [2.24, 2.45) is 0 Å². The normalized spacial score (nSPS) is 11.8. The lowest BCUT2D eigenvalue weighted by Gasteiger charge is -2.17. The van der Waals surface area contributed by atoms with E-state index in [9.17, 15) is 0 Å². The lowest BCUT2D eigenvalue weighted by Crippen LogP contribution is -1.90. The Kier molecular flexibility index (Phi) is 4.07. The summed E-state index contributed by atoms with van der Waals surface area (Å²) in [4.78, 5) is 0. The zero-order valence-electron chi connectivity index (χ0n) is 19.4. The van der Waals surface area contributed by atoms with Gasteiger partial charge in [-0.25, -0.2) is 0 Å². The molecule has 7 rings (SSSR count). The second-order valence-corrected chi connectivity index (χ2v) is 9.47. The van der Waals surface area contributed by atoms with Gasteiger partial charge in [0.2, 0.25) is 0 Å². The number of hydrogen-bond acceptors (Lipinski definition) is 0. The van der Waals surface area contributed by atoms with E-state index >= 15 is 0 Å². The van der Waals surface area contributed by atoms with Gasteiger partial charge in [0.15, 0.2) is 0 Å². The molecular weight excluding hydrogens is 408 g/mol. The van der Waals surface area contributed by atoms with Crippen LogP contribution in [0.1, 0.15) is 11.1 Å². The molecule has 0 heterocycles. The van der Waals surface area contributed by atoms with Crippen molar-refractivity contribution in [3.63, 3.8) is 0 Å². The van der Waals surface area contributed by atoms with Crippen LogP contribution in [0.25, 0.3) is 65.0 Å². The van der Waals surface area contributed by atoms with E-state index in [0.29, 0.717) is 0 Å². The van der Waals surface area contributed by atoms with E-state index < -0.39 is 0 Å². The molecule has 7 aromatic carbocycles. The predicted molar refractivity (Wildman–Crippen MR) is 149 cm³/mol. The Morgan fingerprint density at radius 1 is 0.382 bits per heavy atom. The highest BCUT2D eigenvalue weighted by Gasteiger charge is 2.16. The van der Waals surface area contributed by atoms with Crippen LogP contribution in [-0.2, 0) is 0 Å². The van der Waals surface area contributed by atoms with Crippen LogP contribution >= 0.6 is 0 Å². The lowest BCUT2D eigenvalue weighted by molar-refractivity contribution is 1.38. The van der Waals surface area contributed by atoms with Crippen LogP contribution in [0.5, 0.6) is 0 Å². The van der Waals surface area contributed by atoms with Crippen LogP contribution in [0.4, 0.5) is 0 Å². The fraction of sp³-hybridized carbons (Fsp3) is 0.0588. The minimum absolute atomic E-state index is 1.28. The van der Waals surface area contributed by atoms with Gasteiger partial charge in [-0.1, -0.05) is 109 Å². The van der Waals surface area contributed by atoms with Gasteiger partial charge in [-0.05, 0) is 90.5 Å². The first-order chi connectivity index (χ1) is 16.7. The second kappa shape index (κ2) is 7.17. The van der Waals surface area contributed by atoms with E-state index in [2.05, 4.69) is 123 Å². The first-order valence-electron chi connectivity index (χ1n) is 12.0. The van der Waals surface area contributed by atoms with Crippen LogP contribution in [0.2, 0.25) is 0 Å². The molecule has 0 saturated heterocycles. The highest BCUT2D eigenvalue weighted by Crippen LogP contribution is 2.44. The van der Waals surface area contributed by atoms with Crippen molar-refractivity contribution in [3.8, 4) is 11.1 Å². The summed E-state index contributed by atoms with van der Waals surface area (Å²) in [6, 6.07) is 40.5. The molecule has 0 aliphatic carbocycles. The molecule has 0 aliphatic rings. The molecule has 0 nitrogen and oxygen atoms in total. The molecule has 0 heteroatoms. The van der Waals surface area contributed by atoms with Crippen LogP contribution in [0.15, 0.2) is 109 Å². The Bertz CT molecular complexity index is 1910. The first-order valence-corrected chi connectivity index (χ1v) is 12.0. The summed E-state index contributed by atoms with van der Waals surface area (Å²) >= 11 is 0. The van der Waals surface area contributed by atoms with Gasteiger partial charge in [-0.3, -0.25) is 0 Å². The van der Waals surface area contributed by atoms with E-state index in [0.717, 1.165) is 0 Å². The van der Waals surface area contributed by atoms with Crippen molar-refractivity contribution in [3.05, 3.63) is 120 Å². The van der Waals surface area contributed by atoms with E-state index in [4.69, 9.17) is 0 Å². The van der Waals surface area contributed by atoms with Gasteiger partial charge in [-0.15, -0.1) is 0 Å². The highest BCUT2D eigenvalue weighted by molar-refractivity contribution is 6.39. The number of aryl methyl sites for hydroxylation is 2. The van der Waals surface area contributed by atoms with Gasteiger partial charge in [0.05, 0.1) is 0 Å². The Hall–Kier alpha value is -4.16. The van der Waals surface area contributed by atoms with Gasteiger partial charge >= 0.3 is 0 Å². The van der Waals surface area contributed by atoms with Gasteiger partial charge in [0.25, 0.3) is 0 Å². The Morgan fingerprint density at radius 3 is 1.38 bits per heavy atom. The minimum Gasteiger partial charge on any atom is -0.0616 e. The monoisotopic (exact) mass is 432 g/mol. The first kappa shape index (κ1) is 19.3. The zero-order valence-corrected chi connectivity index (χ0v) is 19.4. The van der Waals surface area contributed by atoms with Crippen molar-refractivity contribution in [1.82, 2.24) is 0 Å². The summed E-state index contributed by atoms with van der Waals surface area (Å²) in [5, 5.41) is 13.3. The molecule has 0 saturated carbocycles. The molecule has 0 spiro atoms. The summed E-state index contributed by atoms with van der Waals surface area (Å²) in [6.07, 6.45) is 0. The molecule has 34 heavy (non-hydrogen) atoms. The molecule has 0 amide bonds. The third-order valence-corrected chi connectivity index (χ3v) is 7.40. The molecule has 0 fully saturated rings. The molecule has 0 bridgehead atoms. The number of benzene rings is 7. The van der Waals surface area contributed by atoms with Crippen LogP contribution in [0.3, 0.4) is 0 Å². The number of fused-ring (bicyclic) bond motifs is 11. The standard InChI is InChI=1S/C34H24/c1-21-15-17-24(22(2)19-21)23-16-18-28-27-11-5-7-13-30(27)33-29-12-6-3-9-25(29)26-10-4-8-14-31(26)34(33)32(28)20-23/h3-20H,1-2H3. The summed E-state index contributed by atoms with van der Waals surface area (Å²) in [6.45, 7) is 4.38. The SMILES string of the molecule is Cc1ccc(-c2ccc3c4ccccc4c4c5ccccc5c5ccccc5c4c3c2)c(C)c1. The lowest BCUT2D eigenvalue weighted by atomic mass is 9.86. The van der Waals surface area contributed by atoms with Crippen LogP contribution in [0, 0.1) is 13.8 Å². The van der Waals surface area contributed by atoms with E-state index in [1.54, 1.807) is 0 Å². The van der Waals surface area contributed by atoms with Crippen LogP contribution in [-0.4, -0.2) is 0 Å². The molecule has 0 aliphatic heterocycles. The fourth-order valence-electron chi connectivity index (χ4n) is 5.93. The highest BCUT2D eigenvalue weighted by atomic mass is 14.2. The quantitative estimate of drug-likeness (QED) is 0.226. The van der Waals surface area contributed by atoms with Crippen molar-refractivity contribution >= 4 is 53.9 Å². The number of rotatable bonds is 1. The Balaban J connectivity index is 1.78. The molecule has 7 aromatic rings. The predicted octanol–water partition coefficient (Wildman–Crippen LogP) is 9.74. The topological polar surface area (TPSA) is 0 Å². The van der Waals surface area contributed by atoms with Gasteiger partial charge < -0.3 is 0 Å². The van der Waals surface area contributed by atoms with Crippen molar-refractivity contribution in [2.45, 2.75) is 13.8 Å². The van der Waals surface area contributed by atoms with E-state index in [1.165, 1.54) is 76.1 Å². The van der Waals surface area contributed by atoms with E-state index in [-0.39, 0.29) is 0 Å². The summed E-state index contributed by atoms with van der Waals surface area (Å²) < 4.78 is 0. The third kappa shape index (κ3) is 2.66. The van der Waals surface area contributed by atoms with Crippen molar-refractivity contribution in [2.75, 3.05) is 0 Å². The summed E-state index contributed by atoms with van der Waals surface area (Å²) in [5.41, 5.74) is 5.20. The molecule has 0 N–H and O–H groups in total. The molecule has 0 aromatic heterocycles. The van der Waals surface area contributed by atoms with Gasteiger partial charge in [0, 0.05) is 0 Å². The van der Waals surface area contributed by atoms with Crippen LogP contribution < -0.4 is 0 Å². The van der Waals surface area contributed by atoms with Gasteiger partial charge in [0.1, 0.15) is 0 Å². The maximum absolute atomic E-state index is 2.42. The number of hydrogen-bond donors (Lipinski definition) is 0. The summed E-state index contributed by atoms with van der Waals surface area (Å²) in [5.74, 6) is 0. The Morgan fingerprint density at radius 2 is 0.853 bits per heavy atom. The molecular formula is C34H24. The average Bonchev–Trinajstić information content (AvgIpc) is 2.88. The molecule has 0 radical (unpaired) electrons. The van der Waals surface area contributed by atoms with Crippen molar-refractivity contribution in [1.29, 1.82) is 0 Å². The molecule has 160 valence electrons. The maximum atomic E-state index is 2.42. The average molecular weight is 433 g/mol. The smallest absolute Gasteiger partial charge is 0.00137 e. The van der Waals surface area contributed by atoms with Gasteiger partial charge in [-0.2, -0.15) is 0 Å². The van der Waals surface area contributed by atoms with Crippen molar-refractivity contribution < 1.29 is 0 Å². The largest absolute Gasteiger partial charge is 0.0616 e. The zero-order chi connectivity index (χ0) is 22.8. The molecule has 0 unspecified atom stereocenters.